The molecule has 1 N–H and O–H groups in total. The van der Waals surface area contributed by atoms with Gasteiger partial charge >= 0.3 is 5.97 Å². The Labute approximate surface area is 129 Å². The minimum absolute atomic E-state index is 0.160. The lowest BCUT2D eigenvalue weighted by atomic mass is 10.2. The summed E-state index contributed by atoms with van der Waals surface area (Å²) in [4.78, 5) is 36.6. The van der Waals surface area contributed by atoms with E-state index in [9.17, 15) is 14.4 Å². The Morgan fingerprint density at radius 2 is 2.05 bits per heavy atom. The lowest BCUT2D eigenvalue weighted by molar-refractivity contribution is -0.153. The molecule has 0 unspecified atom stereocenters. The number of ether oxygens (including phenoxy) is 1. The van der Waals surface area contributed by atoms with Crippen molar-refractivity contribution in [2.75, 3.05) is 13.2 Å². The summed E-state index contributed by atoms with van der Waals surface area (Å²) in [6.45, 7) is 2.59. The number of benzene rings is 1. The van der Waals surface area contributed by atoms with Crippen molar-refractivity contribution in [3.63, 3.8) is 0 Å². The fraction of sp³-hybridized carbons (Fsp3) is 0.438. The normalized spacial score (nSPS) is 17.0. The Morgan fingerprint density at radius 1 is 1.32 bits per heavy atom. The lowest BCUT2D eigenvalue weighted by Gasteiger charge is -2.21. The van der Waals surface area contributed by atoms with Crippen molar-refractivity contribution in [1.29, 1.82) is 0 Å². The average Bonchev–Trinajstić information content (AvgIpc) is 2.97. The summed E-state index contributed by atoms with van der Waals surface area (Å²) in [5.41, 5.74) is 1.02. The fourth-order valence-corrected chi connectivity index (χ4v) is 2.30. The average molecular weight is 304 g/mol. The molecule has 6 heteroatoms. The summed E-state index contributed by atoms with van der Waals surface area (Å²) in [5.74, 6) is -0.952. The third-order valence-corrected chi connectivity index (χ3v) is 3.57. The van der Waals surface area contributed by atoms with Crippen molar-refractivity contribution < 1.29 is 19.1 Å². The summed E-state index contributed by atoms with van der Waals surface area (Å²) in [6, 6.07) is 9.00. The molecule has 2 rings (SSSR count). The molecule has 0 spiro atoms. The van der Waals surface area contributed by atoms with Crippen LogP contribution in [0.15, 0.2) is 30.3 Å². The Morgan fingerprint density at radius 3 is 2.64 bits per heavy atom. The first-order valence-electron chi connectivity index (χ1n) is 7.38. The van der Waals surface area contributed by atoms with Crippen LogP contribution in [-0.2, 0) is 25.7 Å². The zero-order chi connectivity index (χ0) is 15.9. The van der Waals surface area contributed by atoms with Crippen molar-refractivity contribution >= 4 is 17.8 Å². The van der Waals surface area contributed by atoms with Gasteiger partial charge < -0.3 is 15.0 Å². The number of nitrogens with one attached hydrogen (secondary N) is 1. The first-order valence-corrected chi connectivity index (χ1v) is 7.38. The third kappa shape index (κ3) is 4.31. The molecule has 22 heavy (non-hydrogen) atoms. The van der Waals surface area contributed by atoms with E-state index in [0.29, 0.717) is 25.9 Å². The van der Waals surface area contributed by atoms with E-state index in [4.69, 9.17) is 4.74 Å². The molecule has 1 aromatic carbocycles. The van der Waals surface area contributed by atoms with E-state index in [0.717, 1.165) is 5.56 Å². The highest BCUT2D eigenvalue weighted by atomic mass is 16.5. The minimum Gasteiger partial charge on any atom is -0.454 e. The number of nitrogens with zero attached hydrogens (tertiary/aromatic N) is 1. The van der Waals surface area contributed by atoms with Gasteiger partial charge in [-0.15, -0.1) is 0 Å². The minimum atomic E-state index is -0.621. The first-order chi connectivity index (χ1) is 10.6. The molecule has 0 saturated carbocycles. The molecular formula is C16H20N2O4. The second-order valence-electron chi connectivity index (χ2n) is 5.16. The highest BCUT2D eigenvalue weighted by Crippen LogP contribution is 2.09. The zero-order valence-corrected chi connectivity index (χ0v) is 12.6. The number of amides is 2. The van der Waals surface area contributed by atoms with E-state index in [1.807, 2.05) is 37.3 Å². The molecule has 1 heterocycles. The van der Waals surface area contributed by atoms with Crippen molar-refractivity contribution in [3.8, 4) is 0 Å². The summed E-state index contributed by atoms with van der Waals surface area (Å²) in [7, 11) is 0. The molecule has 1 aliphatic rings. The molecular weight excluding hydrogens is 284 g/mol. The maximum Gasteiger partial charge on any atom is 0.329 e. The number of carbonyl (C=O) groups excluding carboxylic acids is 3. The van der Waals surface area contributed by atoms with E-state index in [1.54, 1.807) is 4.90 Å². The van der Waals surface area contributed by atoms with Gasteiger partial charge in [0.05, 0.1) is 0 Å². The summed E-state index contributed by atoms with van der Waals surface area (Å²) in [5, 5.41) is 2.52. The van der Waals surface area contributed by atoms with Crippen LogP contribution in [0.3, 0.4) is 0 Å². The van der Waals surface area contributed by atoms with Gasteiger partial charge in [-0.05, 0) is 18.9 Å². The molecule has 2 amide bonds. The van der Waals surface area contributed by atoms with Gasteiger partial charge in [0.15, 0.2) is 6.61 Å². The Bertz CT molecular complexity index is 544. The van der Waals surface area contributed by atoms with Crippen LogP contribution in [0.25, 0.3) is 0 Å². The molecule has 1 saturated heterocycles. The highest BCUT2D eigenvalue weighted by Gasteiger charge is 2.29. The molecule has 6 nitrogen and oxygen atoms in total. The Hall–Kier alpha value is -2.37. The van der Waals surface area contributed by atoms with Crippen LogP contribution in [0.4, 0.5) is 0 Å². The van der Waals surface area contributed by atoms with Crippen LogP contribution in [0.5, 0.6) is 0 Å². The van der Waals surface area contributed by atoms with Crippen LogP contribution in [0.1, 0.15) is 25.3 Å². The maximum absolute atomic E-state index is 12.1. The number of hydrogen-bond acceptors (Lipinski definition) is 4. The van der Waals surface area contributed by atoms with Crippen LogP contribution >= 0.6 is 0 Å². The van der Waals surface area contributed by atoms with Crippen LogP contribution in [0.2, 0.25) is 0 Å². The van der Waals surface area contributed by atoms with Gasteiger partial charge in [-0.25, -0.2) is 4.79 Å². The smallest absolute Gasteiger partial charge is 0.329 e. The second-order valence-corrected chi connectivity index (χ2v) is 5.16. The number of carbonyl (C=O) groups is 3. The molecule has 0 aliphatic carbocycles. The quantitative estimate of drug-likeness (QED) is 0.791. The standard InChI is InChI=1S/C16H20N2O4/c1-2-18(10-12-6-4-3-5-7-12)15(20)11-22-16(21)13-8-9-14(19)17-13/h3-7,13H,2,8-11H2,1H3,(H,17,19)/t13-/m0/s1. The largest absolute Gasteiger partial charge is 0.454 e. The summed E-state index contributed by atoms with van der Waals surface area (Å²) < 4.78 is 5.01. The lowest BCUT2D eigenvalue weighted by Crippen LogP contribution is -2.38. The van der Waals surface area contributed by atoms with Crippen molar-refractivity contribution in [2.24, 2.45) is 0 Å². The fourth-order valence-electron chi connectivity index (χ4n) is 2.30. The van der Waals surface area contributed by atoms with E-state index in [1.165, 1.54) is 0 Å². The summed E-state index contributed by atoms with van der Waals surface area (Å²) in [6.07, 6.45) is 0.746. The molecule has 1 fully saturated rings. The maximum atomic E-state index is 12.1. The predicted molar refractivity (Wildman–Crippen MR) is 79.7 cm³/mol. The topological polar surface area (TPSA) is 75.7 Å². The van der Waals surface area contributed by atoms with E-state index >= 15 is 0 Å². The first kappa shape index (κ1) is 16.0. The molecule has 0 aromatic heterocycles. The number of hydrogen-bond donors (Lipinski definition) is 1. The van der Waals surface area contributed by atoms with E-state index < -0.39 is 12.0 Å². The second kappa shape index (κ2) is 7.59. The van der Waals surface area contributed by atoms with Gasteiger partial charge in [0.25, 0.3) is 5.91 Å². The van der Waals surface area contributed by atoms with Crippen LogP contribution in [0, 0.1) is 0 Å². The molecule has 1 aromatic rings. The number of rotatable bonds is 6. The van der Waals surface area contributed by atoms with Gasteiger partial charge in [0, 0.05) is 19.5 Å². The van der Waals surface area contributed by atoms with E-state index in [-0.39, 0.29) is 18.4 Å². The highest BCUT2D eigenvalue weighted by molar-refractivity contribution is 5.89. The number of esters is 1. The molecule has 1 aliphatic heterocycles. The van der Waals surface area contributed by atoms with Crippen LogP contribution < -0.4 is 5.32 Å². The SMILES string of the molecule is CCN(Cc1ccccc1)C(=O)COC(=O)[C@@H]1CCC(=O)N1. The Balaban J connectivity index is 1.82. The molecule has 0 bridgehead atoms. The van der Waals surface area contributed by atoms with Gasteiger partial charge in [-0.3, -0.25) is 9.59 Å². The monoisotopic (exact) mass is 304 g/mol. The van der Waals surface area contributed by atoms with E-state index in [2.05, 4.69) is 5.32 Å². The van der Waals surface area contributed by atoms with Gasteiger partial charge in [0.2, 0.25) is 5.91 Å². The predicted octanol–water partition coefficient (Wildman–Crippen LogP) is 0.857. The van der Waals surface area contributed by atoms with Crippen molar-refractivity contribution in [3.05, 3.63) is 35.9 Å². The number of likely N-dealkylation sites (N-methyl/N-ethyl adjacent to an activating group) is 1. The van der Waals surface area contributed by atoms with Crippen LogP contribution in [-0.4, -0.2) is 41.9 Å². The summed E-state index contributed by atoms with van der Waals surface area (Å²) >= 11 is 0. The third-order valence-electron chi connectivity index (χ3n) is 3.57. The molecule has 1 atom stereocenters. The molecule has 118 valence electrons. The van der Waals surface area contributed by atoms with Gasteiger partial charge in [-0.2, -0.15) is 0 Å². The van der Waals surface area contributed by atoms with Crippen molar-refractivity contribution in [2.45, 2.75) is 32.4 Å². The van der Waals surface area contributed by atoms with Gasteiger partial charge in [0.1, 0.15) is 6.04 Å². The zero-order valence-electron chi connectivity index (χ0n) is 12.6. The van der Waals surface area contributed by atoms with Crippen molar-refractivity contribution in [1.82, 2.24) is 10.2 Å². The van der Waals surface area contributed by atoms with Gasteiger partial charge in [-0.1, -0.05) is 30.3 Å². The Kier molecular flexibility index (Phi) is 5.52. The molecule has 0 radical (unpaired) electrons.